The molecule has 0 bridgehead atoms. The fourth-order valence-corrected chi connectivity index (χ4v) is 3.34. The van der Waals surface area contributed by atoms with E-state index in [0.29, 0.717) is 25.9 Å². The highest BCUT2D eigenvalue weighted by molar-refractivity contribution is 5.87. The number of amides is 4. The Bertz CT molecular complexity index is 709. The van der Waals surface area contributed by atoms with Gasteiger partial charge >= 0.3 is 12.1 Å². The quantitative estimate of drug-likeness (QED) is 0.394. The molecule has 0 saturated carbocycles. The van der Waals surface area contributed by atoms with Crippen molar-refractivity contribution in [2.75, 3.05) is 13.1 Å². The number of likely N-dealkylation sites (tertiary alicyclic amines) is 1. The fourth-order valence-electron chi connectivity index (χ4n) is 3.34. The standard InChI is InChI=1S/C21H36N4O7/c1-12(2)16(24-20(31)32-21(3,4)5)18(28)25-10-8-13(9-11-25)17(27)23-14(19(29)30)6-7-15(22)26/h12-14,16H,6-11H2,1-5H3,(H2,22,26)(H,23,27)(H,24,31)(H,29,30). The normalized spacial score (nSPS) is 16.8. The number of piperidine rings is 1. The van der Waals surface area contributed by atoms with Crippen molar-refractivity contribution in [3.05, 3.63) is 0 Å². The zero-order valence-corrected chi connectivity index (χ0v) is 19.5. The molecule has 0 spiro atoms. The Hall–Kier alpha value is -2.85. The zero-order chi connectivity index (χ0) is 24.6. The number of carboxylic acids is 1. The molecule has 0 aromatic carbocycles. The van der Waals surface area contributed by atoms with Crippen LogP contribution in [0.15, 0.2) is 0 Å². The summed E-state index contributed by atoms with van der Waals surface area (Å²) in [6.45, 7) is 9.44. The van der Waals surface area contributed by atoms with E-state index in [1.807, 2.05) is 13.8 Å². The third-order valence-electron chi connectivity index (χ3n) is 5.08. The predicted octanol–water partition coefficient (Wildman–Crippen LogP) is 0.609. The van der Waals surface area contributed by atoms with Crippen LogP contribution in [-0.2, 0) is 23.9 Å². The van der Waals surface area contributed by atoms with Crippen molar-refractivity contribution in [2.45, 2.75) is 78.0 Å². The molecule has 32 heavy (non-hydrogen) atoms. The zero-order valence-electron chi connectivity index (χ0n) is 19.5. The molecule has 1 rings (SSSR count). The van der Waals surface area contributed by atoms with Gasteiger partial charge in [-0.15, -0.1) is 0 Å². The minimum absolute atomic E-state index is 0.0832. The summed E-state index contributed by atoms with van der Waals surface area (Å²) in [5.74, 6) is -3.18. The van der Waals surface area contributed by atoms with Gasteiger partial charge in [-0.25, -0.2) is 9.59 Å². The maximum Gasteiger partial charge on any atom is 0.408 e. The van der Waals surface area contributed by atoms with Gasteiger partial charge in [-0.2, -0.15) is 0 Å². The summed E-state index contributed by atoms with van der Waals surface area (Å²) in [6, 6.07) is -1.96. The van der Waals surface area contributed by atoms with E-state index < -0.39 is 47.5 Å². The monoisotopic (exact) mass is 456 g/mol. The summed E-state index contributed by atoms with van der Waals surface area (Å²) in [4.78, 5) is 61.4. The first-order valence-electron chi connectivity index (χ1n) is 10.8. The van der Waals surface area contributed by atoms with Crippen molar-refractivity contribution in [1.29, 1.82) is 0 Å². The number of aliphatic carboxylic acids is 1. The van der Waals surface area contributed by atoms with Crippen molar-refractivity contribution in [1.82, 2.24) is 15.5 Å². The van der Waals surface area contributed by atoms with Crippen molar-refractivity contribution in [3.63, 3.8) is 0 Å². The molecule has 0 radical (unpaired) electrons. The summed E-state index contributed by atoms with van der Waals surface area (Å²) in [5, 5.41) is 14.3. The average molecular weight is 457 g/mol. The third-order valence-corrected chi connectivity index (χ3v) is 5.08. The number of primary amides is 1. The molecular weight excluding hydrogens is 420 g/mol. The second-order valence-corrected chi connectivity index (χ2v) is 9.37. The van der Waals surface area contributed by atoms with E-state index in [1.165, 1.54) is 0 Å². The Morgan fingerprint density at radius 2 is 1.66 bits per heavy atom. The van der Waals surface area contributed by atoms with Gasteiger partial charge in [-0.3, -0.25) is 14.4 Å². The number of nitrogens with two attached hydrogens (primary N) is 1. The lowest BCUT2D eigenvalue weighted by molar-refractivity contribution is -0.143. The lowest BCUT2D eigenvalue weighted by Crippen LogP contribution is -2.54. The van der Waals surface area contributed by atoms with Crippen LogP contribution in [0.2, 0.25) is 0 Å². The lowest BCUT2D eigenvalue weighted by atomic mass is 9.93. The first-order valence-corrected chi connectivity index (χ1v) is 10.8. The topological polar surface area (TPSA) is 168 Å². The van der Waals surface area contributed by atoms with Crippen LogP contribution < -0.4 is 16.4 Å². The number of hydrogen-bond donors (Lipinski definition) is 4. The van der Waals surface area contributed by atoms with Gasteiger partial charge in [0.25, 0.3) is 0 Å². The lowest BCUT2D eigenvalue weighted by Gasteiger charge is -2.35. The highest BCUT2D eigenvalue weighted by Crippen LogP contribution is 2.20. The number of carbonyl (C=O) groups excluding carboxylic acids is 4. The maximum atomic E-state index is 13.0. The smallest absolute Gasteiger partial charge is 0.408 e. The van der Waals surface area contributed by atoms with Gasteiger partial charge in [0.2, 0.25) is 17.7 Å². The molecule has 2 unspecified atom stereocenters. The number of alkyl carbamates (subject to hydrolysis) is 1. The number of carbonyl (C=O) groups is 5. The van der Waals surface area contributed by atoms with Crippen LogP contribution in [0.25, 0.3) is 0 Å². The molecule has 1 saturated heterocycles. The van der Waals surface area contributed by atoms with E-state index in [2.05, 4.69) is 10.6 Å². The van der Waals surface area contributed by atoms with Crippen molar-refractivity contribution < 1.29 is 33.8 Å². The highest BCUT2D eigenvalue weighted by Gasteiger charge is 2.34. The molecule has 0 aromatic rings. The van der Waals surface area contributed by atoms with Gasteiger partial charge in [0.15, 0.2) is 0 Å². The molecule has 2 atom stereocenters. The molecule has 1 fully saturated rings. The van der Waals surface area contributed by atoms with Gasteiger partial charge in [0.05, 0.1) is 0 Å². The Labute approximate surface area is 188 Å². The highest BCUT2D eigenvalue weighted by atomic mass is 16.6. The molecule has 5 N–H and O–H groups in total. The SMILES string of the molecule is CC(C)C(NC(=O)OC(C)(C)C)C(=O)N1CCC(C(=O)NC(CCC(N)=O)C(=O)O)CC1. The number of rotatable bonds is 9. The second kappa shape index (κ2) is 11.7. The minimum Gasteiger partial charge on any atom is -0.480 e. The van der Waals surface area contributed by atoms with Gasteiger partial charge in [0, 0.05) is 25.4 Å². The number of carboxylic acid groups (broad SMARTS) is 1. The Morgan fingerprint density at radius 3 is 2.09 bits per heavy atom. The van der Waals surface area contributed by atoms with E-state index >= 15 is 0 Å². The predicted molar refractivity (Wildman–Crippen MR) is 115 cm³/mol. The first kappa shape index (κ1) is 27.2. The minimum atomic E-state index is -1.24. The summed E-state index contributed by atoms with van der Waals surface area (Å²) in [7, 11) is 0. The number of hydrogen-bond acceptors (Lipinski definition) is 6. The molecular formula is C21H36N4O7. The molecule has 1 aliphatic rings. The molecule has 1 aliphatic heterocycles. The third kappa shape index (κ3) is 9.11. The molecule has 1 heterocycles. The van der Waals surface area contributed by atoms with Gasteiger partial charge < -0.3 is 31.1 Å². The largest absolute Gasteiger partial charge is 0.480 e. The van der Waals surface area contributed by atoms with E-state index in [9.17, 15) is 29.1 Å². The molecule has 0 aromatic heterocycles. The number of ether oxygens (including phenoxy) is 1. The summed E-state index contributed by atoms with van der Waals surface area (Å²) in [5.41, 5.74) is 4.36. The van der Waals surface area contributed by atoms with Gasteiger partial charge in [-0.1, -0.05) is 13.8 Å². The second-order valence-electron chi connectivity index (χ2n) is 9.37. The van der Waals surface area contributed by atoms with Crippen LogP contribution in [0.3, 0.4) is 0 Å². The molecule has 11 nitrogen and oxygen atoms in total. The van der Waals surface area contributed by atoms with Crippen LogP contribution in [0.5, 0.6) is 0 Å². The number of nitrogens with zero attached hydrogens (tertiary/aromatic N) is 1. The van der Waals surface area contributed by atoms with Crippen molar-refractivity contribution in [2.24, 2.45) is 17.6 Å². The average Bonchev–Trinajstić information content (AvgIpc) is 2.66. The van der Waals surface area contributed by atoms with Crippen LogP contribution in [0.1, 0.15) is 60.3 Å². The van der Waals surface area contributed by atoms with Crippen LogP contribution in [-0.4, -0.2) is 70.6 Å². The molecule has 0 aliphatic carbocycles. The van der Waals surface area contributed by atoms with Crippen LogP contribution >= 0.6 is 0 Å². The number of nitrogens with one attached hydrogen (secondary N) is 2. The van der Waals surface area contributed by atoms with E-state index in [4.69, 9.17) is 10.5 Å². The Morgan fingerprint density at radius 1 is 1.09 bits per heavy atom. The van der Waals surface area contributed by atoms with E-state index in [-0.39, 0.29) is 24.7 Å². The van der Waals surface area contributed by atoms with Gasteiger partial charge in [0.1, 0.15) is 17.7 Å². The van der Waals surface area contributed by atoms with Crippen molar-refractivity contribution >= 4 is 29.8 Å². The van der Waals surface area contributed by atoms with E-state index in [0.717, 1.165) is 0 Å². The fraction of sp³-hybridized carbons (Fsp3) is 0.762. The van der Waals surface area contributed by atoms with Crippen molar-refractivity contribution in [3.8, 4) is 0 Å². The van der Waals surface area contributed by atoms with E-state index in [1.54, 1.807) is 25.7 Å². The summed E-state index contributed by atoms with van der Waals surface area (Å²) >= 11 is 0. The molecule has 4 amide bonds. The van der Waals surface area contributed by atoms with Crippen LogP contribution in [0.4, 0.5) is 4.79 Å². The Kier molecular flexibility index (Phi) is 9.92. The summed E-state index contributed by atoms with van der Waals surface area (Å²) < 4.78 is 5.24. The molecule has 182 valence electrons. The Balaban J connectivity index is 2.65. The first-order chi connectivity index (χ1) is 14.7. The maximum absolute atomic E-state index is 13.0. The van der Waals surface area contributed by atoms with Gasteiger partial charge in [-0.05, 0) is 46.0 Å². The molecule has 11 heteroatoms. The summed E-state index contributed by atoms with van der Waals surface area (Å²) in [6.07, 6.45) is -0.186. The van der Waals surface area contributed by atoms with Crippen LogP contribution in [0, 0.1) is 11.8 Å².